The molecule has 0 saturated heterocycles. The van der Waals surface area contributed by atoms with Crippen LogP contribution in [0.5, 0.6) is 0 Å². The van der Waals surface area contributed by atoms with Gasteiger partial charge in [-0.15, -0.1) is 0 Å². The topological polar surface area (TPSA) is 0 Å². The Bertz CT molecular complexity index is 2190. The predicted molar refractivity (Wildman–Crippen MR) is 193 cm³/mol. The van der Waals surface area contributed by atoms with Gasteiger partial charge in [0.1, 0.15) is 0 Å². The fourth-order valence-corrected chi connectivity index (χ4v) is 7.16. The summed E-state index contributed by atoms with van der Waals surface area (Å²) >= 11 is 0. The van der Waals surface area contributed by atoms with Crippen molar-refractivity contribution < 1.29 is 0 Å². The largest absolute Gasteiger partial charge is 0.0622 e. The Balaban J connectivity index is 1.63. The van der Waals surface area contributed by atoms with Crippen LogP contribution in [0, 0.1) is 0 Å². The van der Waals surface area contributed by atoms with Crippen molar-refractivity contribution in [1.82, 2.24) is 0 Å². The zero-order valence-corrected chi connectivity index (χ0v) is 26.5. The standard InChI is InChI=1S/C44H38/c1-43(2,3)31-23-37-33-19-17-30(28-15-11-8-12-16-28)22-36(33)40-26-32(44(4,5)6)24-38-34-20-18-29(27-13-9-7-10-14-27)21-35(34)39(25-31)41(37)42(38)40/h7-26H,1-6H3. The van der Waals surface area contributed by atoms with Crippen LogP contribution < -0.4 is 0 Å². The van der Waals surface area contributed by atoms with Gasteiger partial charge >= 0.3 is 0 Å². The molecule has 8 rings (SSSR count). The first-order valence-corrected chi connectivity index (χ1v) is 15.9. The summed E-state index contributed by atoms with van der Waals surface area (Å²) in [6, 6.07) is 45.8. The second kappa shape index (κ2) is 9.41. The maximum absolute atomic E-state index is 2.49. The van der Waals surface area contributed by atoms with Crippen molar-refractivity contribution in [2.24, 2.45) is 0 Å². The molecule has 0 heteroatoms. The van der Waals surface area contributed by atoms with Gasteiger partial charge in [0, 0.05) is 0 Å². The number of hydrogen-bond acceptors (Lipinski definition) is 0. The molecule has 0 aliphatic heterocycles. The number of hydrogen-bond donors (Lipinski definition) is 0. The predicted octanol–water partition coefficient (Wildman–Crippen LogP) is 12.8. The molecule has 0 amide bonds. The van der Waals surface area contributed by atoms with E-state index in [2.05, 4.69) is 163 Å². The van der Waals surface area contributed by atoms with E-state index in [1.165, 1.54) is 87.2 Å². The second-order valence-corrected chi connectivity index (χ2v) is 14.6. The lowest BCUT2D eigenvalue weighted by molar-refractivity contribution is 0.591. The summed E-state index contributed by atoms with van der Waals surface area (Å²) in [5, 5.41) is 13.5. The SMILES string of the molecule is CC(C)(C)c1cc2c3ccc(-c4ccccc4)cc3c3cc(C(C)(C)C)cc4c5ccc(-c6ccccc6)cc5c(c1)c2c43. The summed E-state index contributed by atoms with van der Waals surface area (Å²) in [5.41, 5.74) is 7.82. The lowest BCUT2D eigenvalue weighted by Crippen LogP contribution is -2.12. The third-order valence-corrected chi connectivity index (χ3v) is 9.67. The molecule has 0 saturated carbocycles. The van der Waals surface area contributed by atoms with Gasteiger partial charge in [-0.1, -0.05) is 126 Å². The van der Waals surface area contributed by atoms with E-state index < -0.39 is 0 Å². The molecular weight excluding hydrogens is 528 g/mol. The average Bonchev–Trinajstić information content (AvgIpc) is 3.03. The molecule has 0 atom stereocenters. The summed E-state index contributed by atoms with van der Waals surface area (Å²) in [5.74, 6) is 0. The molecule has 214 valence electrons. The van der Waals surface area contributed by atoms with Crippen molar-refractivity contribution in [1.29, 1.82) is 0 Å². The van der Waals surface area contributed by atoms with Crippen LogP contribution in [-0.4, -0.2) is 0 Å². The van der Waals surface area contributed by atoms with Crippen molar-refractivity contribution in [3.63, 3.8) is 0 Å². The number of fused-ring (bicyclic) bond motifs is 6. The fourth-order valence-electron chi connectivity index (χ4n) is 7.16. The van der Waals surface area contributed by atoms with E-state index in [1.54, 1.807) is 0 Å². The third kappa shape index (κ3) is 4.12. The lowest BCUT2D eigenvalue weighted by Gasteiger charge is -2.26. The molecule has 0 spiro atoms. The normalized spacial score (nSPS) is 12.8. The summed E-state index contributed by atoms with van der Waals surface area (Å²) in [6.45, 7) is 14.0. The highest BCUT2D eigenvalue weighted by Gasteiger charge is 2.24. The summed E-state index contributed by atoms with van der Waals surface area (Å²) < 4.78 is 0. The summed E-state index contributed by atoms with van der Waals surface area (Å²) in [7, 11) is 0. The molecule has 0 unspecified atom stereocenters. The molecule has 0 aromatic heterocycles. The zero-order valence-electron chi connectivity index (χ0n) is 26.5. The van der Waals surface area contributed by atoms with Crippen LogP contribution in [0.25, 0.3) is 76.1 Å². The van der Waals surface area contributed by atoms with Crippen molar-refractivity contribution in [3.8, 4) is 22.3 Å². The Morgan fingerprint density at radius 1 is 0.295 bits per heavy atom. The minimum absolute atomic E-state index is 0.0174. The molecule has 0 aliphatic carbocycles. The molecule has 44 heavy (non-hydrogen) atoms. The van der Waals surface area contributed by atoms with E-state index >= 15 is 0 Å². The first-order valence-electron chi connectivity index (χ1n) is 15.9. The zero-order chi connectivity index (χ0) is 30.4. The molecule has 0 heterocycles. The van der Waals surface area contributed by atoms with Crippen molar-refractivity contribution in [3.05, 3.63) is 132 Å². The van der Waals surface area contributed by atoms with Gasteiger partial charge in [-0.25, -0.2) is 0 Å². The highest BCUT2D eigenvalue weighted by molar-refractivity contribution is 6.40. The Labute approximate surface area is 260 Å². The average molecular weight is 567 g/mol. The smallest absolute Gasteiger partial charge is 0.00137 e. The van der Waals surface area contributed by atoms with Crippen LogP contribution in [0.1, 0.15) is 52.7 Å². The Kier molecular flexibility index (Phi) is 5.75. The van der Waals surface area contributed by atoms with Crippen molar-refractivity contribution in [2.45, 2.75) is 52.4 Å². The maximum Gasteiger partial charge on any atom is -0.00137 e. The summed E-state index contributed by atoms with van der Waals surface area (Å²) in [4.78, 5) is 0. The van der Waals surface area contributed by atoms with E-state index in [-0.39, 0.29) is 10.8 Å². The van der Waals surface area contributed by atoms with E-state index in [4.69, 9.17) is 0 Å². The molecule has 0 bridgehead atoms. The van der Waals surface area contributed by atoms with Gasteiger partial charge in [0.15, 0.2) is 0 Å². The first-order chi connectivity index (χ1) is 21.1. The van der Waals surface area contributed by atoms with E-state index in [0.29, 0.717) is 0 Å². The highest BCUT2D eigenvalue weighted by atomic mass is 14.3. The highest BCUT2D eigenvalue weighted by Crippen LogP contribution is 2.48. The molecule has 0 aliphatic rings. The minimum Gasteiger partial charge on any atom is -0.0622 e. The van der Waals surface area contributed by atoms with Crippen LogP contribution in [0.2, 0.25) is 0 Å². The third-order valence-electron chi connectivity index (χ3n) is 9.67. The van der Waals surface area contributed by atoms with Gasteiger partial charge in [-0.2, -0.15) is 0 Å². The van der Waals surface area contributed by atoms with Gasteiger partial charge in [0.2, 0.25) is 0 Å². The molecule has 0 nitrogen and oxygen atoms in total. The molecule has 0 fully saturated rings. The van der Waals surface area contributed by atoms with E-state index in [9.17, 15) is 0 Å². The van der Waals surface area contributed by atoms with Gasteiger partial charge in [0.05, 0.1) is 0 Å². The number of rotatable bonds is 2. The monoisotopic (exact) mass is 566 g/mol. The first kappa shape index (κ1) is 26.9. The minimum atomic E-state index is 0.0174. The van der Waals surface area contributed by atoms with Crippen LogP contribution >= 0.6 is 0 Å². The van der Waals surface area contributed by atoms with Crippen LogP contribution in [0.4, 0.5) is 0 Å². The lowest BCUT2D eigenvalue weighted by atomic mass is 9.78. The molecular formula is C44H38. The van der Waals surface area contributed by atoms with Gasteiger partial charge in [-0.3, -0.25) is 0 Å². The Morgan fingerprint density at radius 3 is 0.977 bits per heavy atom. The van der Waals surface area contributed by atoms with Crippen molar-refractivity contribution in [2.75, 3.05) is 0 Å². The maximum atomic E-state index is 2.49. The van der Waals surface area contributed by atoms with E-state index in [0.717, 1.165) is 0 Å². The van der Waals surface area contributed by atoms with Gasteiger partial charge in [0.25, 0.3) is 0 Å². The van der Waals surface area contributed by atoms with E-state index in [1.807, 2.05) is 0 Å². The van der Waals surface area contributed by atoms with Crippen LogP contribution in [-0.2, 0) is 10.8 Å². The van der Waals surface area contributed by atoms with Crippen LogP contribution in [0.3, 0.4) is 0 Å². The molecule has 0 N–H and O–H groups in total. The van der Waals surface area contributed by atoms with Gasteiger partial charge in [-0.05, 0) is 134 Å². The summed E-state index contributed by atoms with van der Waals surface area (Å²) in [6.07, 6.45) is 0. The van der Waals surface area contributed by atoms with Gasteiger partial charge < -0.3 is 0 Å². The molecule has 8 aromatic rings. The second-order valence-electron chi connectivity index (χ2n) is 14.6. The molecule has 8 aromatic carbocycles. The Morgan fingerprint density at radius 2 is 0.636 bits per heavy atom. The van der Waals surface area contributed by atoms with Crippen molar-refractivity contribution >= 4 is 53.9 Å². The van der Waals surface area contributed by atoms with Crippen LogP contribution in [0.15, 0.2) is 121 Å². The Hall–Kier alpha value is -4.68. The fraction of sp³-hybridized carbons (Fsp3) is 0.182. The number of benzene rings is 8. The quantitative estimate of drug-likeness (QED) is 0.144. The molecule has 0 radical (unpaired) electrons.